The van der Waals surface area contributed by atoms with Gasteiger partial charge in [-0.25, -0.2) is 0 Å². The van der Waals surface area contributed by atoms with Gasteiger partial charge in [-0.3, -0.25) is 14.9 Å². The van der Waals surface area contributed by atoms with Crippen LogP contribution in [0, 0.1) is 22.0 Å². The maximum atomic E-state index is 11.5. The molecule has 1 rings (SSSR count). The molecule has 0 amide bonds. The minimum Gasteiger partial charge on any atom is -0.299 e. The number of Topliss-reactive ketones (excluding diaryl/α,β-unsaturated/α-hetero) is 1. The fourth-order valence-electron chi connectivity index (χ4n) is 1.91. The van der Waals surface area contributed by atoms with Gasteiger partial charge in [0.05, 0.1) is 0 Å². The molecule has 0 aromatic carbocycles. The lowest BCUT2D eigenvalue weighted by atomic mass is 9.73. The van der Waals surface area contributed by atoms with Crippen molar-refractivity contribution in [1.82, 2.24) is 0 Å². The third-order valence-corrected chi connectivity index (χ3v) is 3.41. The molecule has 1 aliphatic rings. The number of ketones is 1. The Morgan fingerprint density at radius 1 is 1.43 bits per heavy atom. The normalized spacial score (nSPS) is 28.9. The van der Waals surface area contributed by atoms with E-state index in [1.807, 2.05) is 6.92 Å². The molecule has 4 heteroatoms. The molecule has 2 atom stereocenters. The van der Waals surface area contributed by atoms with Gasteiger partial charge in [0.1, 0.15) is 5.78 Å². The average molecular weight is 199 g/mol. The van der Waals surface area contributed by atoms with Gasteiger partial charge in [0, 0.05) is 37.0 Å². The zero-order chi connectivity index (χ0) is 10.9. The predicted octanol–water partition coefficient (Wildman–Crippen LogP) is 2.05. The van der Waals surface area contributed by atoms with Crippen molar-refractivity contribution in [1.29, 1.82) is 0 Å². The monoisotopic (exact) mass is 199 g/mol. The molecule has 14 heavy (non-hydrogen) atoms. The van der Waals surface area contributed by atoms with Gasteiger partial charge in [-0.2, -0.15) is 0 Å². The average Bonchev–Trinajstić information content (AvgIpc) is 2.09. The summed E-state index contributed by atoms with van der Waals surface area (Å²) in [7, 11) is 0. The summed E-state index contributed by atoms with van der Waals surface area (Å²) in [6.07, 6.45) is 1.96. The highest BCUT2D eigenvalue weighted by atomic mass is 16.6. The van der Waals surface area contributed by atoms with Gasteiger partial charge in [0.2, 0.25) is 5.54 Å². The molecule has 1 saturated carbocycles. The number of hydrogen-bond donors (Lipinski definition) is 0. The minimum atomic E-state index is -0.962. The fraction of sp³-hybridized carbons (Fsp3) is 0.900. The van der Waals surface area contributed by atoms with Gasteiger partial charge in [0.25, 0.3) is 0 Å². The molecule has 0 saturated heterocycles. The second-order valence-electron chi connectivity index (χ2n) is 4.76. The highest BCUT2D eigenvalue weighted by Gasteiger charge is 2.44. The summed E-state index contributed by atoms with van der Waals surface area (Å²) >= 11 is 0. The number of nitrogens with zero attached hydrogens (tertiary/aromatic N) is 1. The summed E-state index contributed by atoms with van der Waals surface area (Å²) in [6, 6.07) is 0. The van der Waals surface area contributed by atoms with E-state index < -0.39 is 5.54 Å². The fourth-order valence-corrected chi connectivity index (χ4v) is 1.91. The van der Waals surface area contributed by atoms with Crippen molar-refractivity contribution in [2.45, 2.75) is 45.6 Å². The van der Waals surface area contributed by atoms with Crippen LogP contribution in [0.15, 0.2) is 0 Å². The Kier molecular flexibility index (Phi) is 2.92. The van der Waals surface area contributed by atoms with Crippen LogP contribution in [-0.2, 0) is 4.79 Å². The Labute approximate surface area is 83.8 Å². The van der Waals surface area contributed by atoms with E-state index in [1.54, 1.807) is 13.8 Å². The summed E-state index contributed by atoms with van der Waals surface area (Å²) in [5.74, 6) is 0.172. The third kappa shape index (κ3) is 1.94. The number of nitro groups is 1. The van der Waals surface area contributed by atoms with Crippen LogP contribution in [0.3, 0.4) is 0 Å². The molecule has 0 aromatic heterocycles. The van der Waals surface area contributed by atoms with Crippen molar-refractivity contribution >= 4 is 5.78 Å². The Bertz CT molecular complexity index is 260. The zero-order valence-electron chi connectivity index (χ0n) is 8.95. The first-order valence-electron chi connectivity index (χ1n) is 5.03. The summed E-state index contributed by atoms with van der Waals surface area (Å²) in [4.78, 5) is 22.0. The summed E-state index contributed by atoms with van der Waals surface area (Å²) in [6.45, 7) is 5.12. The molecule has 0 spiro atoms. The maximum absolute atomic E-state index is 11.5. The predicted molar refractivity (Wildman–Crippen MR) is 52.6 cm³/mol. The quantitative estimate of drug-likeness (QED) is 0.505. The molecule has 0 heterocycles. The van der Waals surface area contributed by atoms with Crippen LogP contribution in [0.25, 0.3) is 0 Å². The van der Waals surface area contributed by atoms with E-state index in [0.29, 0.717) is 6.42 Å². The number of hydrogen-bond acceptors (Lipinski definition) is 3. The minimum absolute atomic E-state index is 0.0915. The van der Waals surface area contributed by atoms with Crippen molar-refractivity contribution in [3.63, 3.8) is 0 Å². The third-order valence-electron chi connectivity index (χ3n) is 3.41. The second kappa shape index (κ2) is 3.67. The van der Waals surface area contributed by atoms with Crippen LogP contribution in [0.5, 0.6) is 0 Å². The Balaban J connectivity index is 2.72. The highest BCUT2D eigenvalue weighted by molar-refractivity contribution is 5.81. The summed E-state index contributed by atoms with van der Waals surface area (Å²) < 4.78 is 0. The van der Waals surface area contributed by atoms with Crippen molar-refractivity contribution in [2.75, 3.05) is 0 Å². The second-order valence-corrected chi connectivity index (χ2v) is 4.76. The maximum Gasteiger partial charge on any atom is 0.220 e. The van der Waals surface area contributed by atoms with Crippen molar-refractivity contribution in [2.24, 2.45) is 11.8 Å². The molecule has 0 radical (unpaired) electrons. The smallest absolute Gasteiger partial charge is 0.220 e. The van der Waals surface area contributed by atoms with Crippen molar-refractivity contribution < 1.29 is 9.72 Å². The van der Waals surface area contributed by atoms with Crippen LogP contribution in [0.2, 0.25) is 0 Å². The first-order chi connectivity index (χ1) is 6.35. The van der Waals surface area contributed by atoms with E-state index in [0.717, 1.165) is 12.8 Å². The lowest BCUT2D eigenvalue weighted by Crippen LogP contribution is -2.43. The lowest BCUT2D eigenvalue weighted by Gasteiger charge is -2.31. The molecule has 80 valence electrons. The Hall–Kier alpha value is -0.930. The van der Waals surface area contributed by atoms with E-state index in [2.05, 4.69) is 0 Å². The van der Waals surface area contributed by atoms with Crippen LogP contribution in [0.4, 0.5) is 0 Å². The summed E-state index contributed by atoms with van der Waals surface area (Å²) in [5, 5.41) is 10.8. The van der Waals surface area contributed by atoms with Crippen LogP contribution in [-0.4, -0.2) is 16.2 Å². The molecule has 2 unspecified atom stereocenters. The van der Waals surface area contributed by atoms with Gasteiger partial charge in [-0.1, -0.05) is 6.92 Å². The van der Waals surface area contributed by atoms with Crippen LogP contribution >= 0.6 is 0 Å². The zero-order valence-corrected chi connectivity index (χ0v) is 8.95. The van der Waals surface area contributed by atoms with E-state index >= 15 is 0 Å². The van der Waals surface area contributed by atoms with Gasteiger partial charge in [0.15, 0.2) is 0 Å². The Morgan fingerprint density at radius 3 is 2.43 bits per heavy atom. The number of carbonyl (C=O) groups excluding carboxylic acids is 1. The topological polar surface area (TPSA) is 60.2 Å². The first-order valence-corrected chi connectivity index (χ1v) is 5.03. The van der Waals surface area contributed by atoms with E-state index in [9.17, 15) is 14.9 Å². The molecule has 4 nitrogen and oxygen atoms in total. The largest absolute Gasteiger partial charge is 0.299 e. The molecular formula is C10H17NO3. The highest BCUT2D eigenvalue weighted by Crippen LogP contribution is 2.34. The number of carbonyl (C=O) groups is 1. The van der Waals surface area contributed by atoms with E-state index in [-0.39, 0.29) is 22.5 Å². The Morgan fingerprint density at radius 2 is 2.00 bits per heavy atom. The molecule has 1 aliphatic carbocycles. The van der Waals surface area contributed by atoms with Gasteiger partial charge >= 0.3 is 0 Å². The summed E-state index contributed by atoms with van der Waals surface area (Å²) in [5.41, 5.74) is -0.962. The number of rotatable bonds is 2. The first kappa shape index (κ1) is 11.1. The molecule has 0 aliphatic heterocycles. The molecule has 0 bridgehead atoms. The van der Waals surface area contributed by atoms with Crippen molar-refractivity contribution in [3.05, 3.63) is 10.1 Å². The molecular weight excluding hydrogens is 182 g/mol. The van der Waals surface area contributed by atoms with Crippen LogP contribution < -0.4 is 0 Å². The van der Waals surface area contributed by atoms with Gasteiger partial charge in [-0.15, -0.1) is 0 Å². The van der Waals surface area contributed by atoms with Gasteiger partial charge < -0.3 is 0 Å². The standard InChI is InChI=1S/C10H17NO3/c1-7-4-5-8(6-9(7)12)10(2,3)11(13)14/h7-8H,4-6H2,1-3H3. The van der Waals surface area contributed by atoms with E-state index in [1.165, 1.54) is 0 Å². The SMILES string of the molecule is CC1CCC(C(C)(C)[N+](=O)[O-])CC1=O. The van der Waals surface area contributed by atoms with Crippen molar-refractivity contribution in [3.8, 4) is 0 Å². The molecule has 0 N–H and O–H groups in total. The molecule has 0 aromatic rings. The van der Waals surface area contributed by atoms with Crippen LogP contribution in [0.1, 0.15) is 40.0 Å². The lowest BCUT2D eigenvalue weighted by molar-refractivity contribution is -0.571. The van der Waals surface area contributed by atoms with E-state index in [4.69, 9.17) is 0 Å². The van der Waals surface area contributed by atoms with Gasteiger partial charge in [-0.05, 0) is 12.8 Å². The molecule has 1 fully saturated rings.